The molecule has 0 heterocycles. The van der Waals surface area contributed by atoms with Gasteiger partial charge in [0.2, 0.25) is 0 Å². The first-order valence-corrected chi connectivity index (χ1v) is 13.9. The van der Waals surface area contributed by atoms with Crippen molar-refractivity contribution in [2.24, 2.45) is 9.98 Å². The first kappa shape index (κ1) is 24.7. The van der Waals surface area contributed by atoms with E-state index in [2.05, 4.69) is 139 Å². The second kappa shape index (κ2) is 10.3. The third kappa shape index (κ3) is 3.96. The van der Waals surface area contributed by atoms with E-state index in [1.54, 1.807) is 0 Å². The highest BCUT2D eigenvalue weighted by molar-refractivity contribution is 6.14. The Bertz CT molecular complexity index is 1890. The van der Waals surface area contributed by atoms with E-state index in [-0.39, 0.29) is 0 Å². The molecule has 0 atom stereocenters. The van der Waals surface area contributed by atoms with Crippen LogP contribution in [0.2, 0.25) is 0 Å². The quantitative estimate of drug-likeness (QED) is 0.159. The lowest BCUT2D eigenvalue weighted by molar-refractivity contribution is 0.815. The van der Waals surface area contributed by atoms with Gasteiger partial charge in [0.15, 0.2) is 5.84 Å². The average Bonchev–Trinajstić information content (AvgIpc) is 3.35. The standard InChI is InChI=1S/C39H28N2/c1-40-38(29-17-5-2-6-18-29)41-37-34-25-13-14-27-35(34)39(30-20-7-3-8-21-30,31-22-9-4-10-23-31)36(37)33-26-15-19-28-16-11-12-24-32(28)33/h2-27H,1H2. The Morgan fingerprint density at radius 2 is 1.05 bits per heavy atom. The molecule has 0 amide bonds. The maximum Gasteiger partial charge on any atom is 0.159 e. The molecule has 0 radical (unpaired) electrons. The van der Waals surface area contributed by atoms with Gasteiger partial charge in [-0.2, -0.15) is 0 Å². The topological polar surface area (TPSA) is 24.7 Å². The minimum atomic E-state index is -0.606. The van der Waals surface area contributed by atoms with Gasteiger partial charge in [0.05, 0.1) is 11.1 Å². The SMILES string of the molecule is C=NC(=NC1=C(c2cccc3ccccc23)C(c2ccccc2)(c2ccccc2)c2ccccc21)c1ccccc1. The normalized spacial score (nSPS) is 14.2. The van der Waals surface area contributed by atoms with Gasteiger partial charge in [-0.05, 0) is 39.7 Å². The summed E-state index contributed by atoms with van der Waals surface area (Å²) in [6.45, 7) is 3.93. The highest BCUT2D eigenvalue weighted by atomic mass is 14.9. The zero-order valence-corrected chi connectivity index (χ0v) is 22.6. The Morgan fingerprint density at radius 3 is 1.73 bits per heavy atom. The Kier molecular flexibility index (Phi) is 6.22. The van der Waals surface area contributed by atoms with Gasteiger partial charge in [-0.25, -0.2) is 9.98 Å². The molecule has 0 spiro atoms. The fraction of sp³-hybridized carbons (Fsp3) is 0.0256. The monoisotopic (exact) mass is 524 g/mol. The Morgan fingerprint density at radius 1 is 0.512 bits per heavy atom. The fourth-order valence-electron chi connectivity index (χ4n) is 6.38. The molecule has 0 saturated carbocycles. The third-order valence-electron chi connectivity index (χ3n) is 8.07. The molecule has 0 aromatic heterocycles. The van der Waals surface area contributed by atoms with Gasteiger partial charge >= 0.3 is 0 Å². The Labute approximate surface area is 240 Å². The van der Waals surface area contributed by atoms with Crippen LogP contribution in [0.4, 0.5) is 0 Å². The molecule has 41 heavy (non-hydrogen) atoms. The minimum Gasteiger partial charge on any atom is -0.245 e. The molecule has 0 unspecified atom stereocenters. The van der Waals surface area contributed by atoms with Crippen molar-refractivity contribution in [1.29, 1.82) is 0 Å². The van der Waals surface area contributed by atoms with Gasteiger partial charge in [0.1, 0.15) is 0 Å². The third-order valence-corrected chi connectivity index (χ3v) is 8.07. The van der Waals surface area contributed by atoms with Crippen molar-refractivity contribution in [3.63, 3.8) is 0 Å². The predicted molar refractivity (Wildman–Crippen MR) is 172 cm³/mol. The smallest absolute Gasteiger partial charge is 0.159 e. The van der Waals surface area contributed by atoms with Gasteiger partial charge in [-0.15, -0.1) is 0 Å². The van der Waals surface area contributed by atoms with E-state index in [0.29, 0.717) is 5.84 Å². The van der Waals surface area contributed by atoms with Crippen molar-refractivity contribution < 1.29 is 0 Å². The van der Waals surface area contributed by atoms with E-state index in [4.69, 9.17) is 4.99 Å². The van der Waals surface area contributed by atoms with E-state index in [9.17, 15) is 0 Å². The zero-order valence-electron chi connectivity index (χ0n) is 22.6. The van der Waals surface area contributed by atoms with Gasteiger partial charge in [0, 0.05) is 16.7 Å². The minimum absolute atomic E-state index is 0.602. The van der Waals surface area contributed by atoms with Crippen LogP contribution in [-0.4, -0.2) is 12.6 Å². The largest absolute Gasteiger partial charge is 0.245 e. The van der Waals surface area contributed by atoms with Crippen LogP contribution in [0.5, 0.6) is 0 Å². The first-order valence-electron chi connectivity index (χ1n) is 13.9. The Hall–Kier alpha value is -5.34. The summed E-state index contributed by atoms with van der Waals surface area (Å²) >= 11 is 0. The van der Waals surface area contributed by atoms with Crippen LogP contribution in [-0.2, 0) is 5.41 Å². The zero-order chi connectivity index (χ0) is 27.6. The molecule has 7 rings (SSSR count). The van der Waals surface area contributed by atoms with Crippen LogP contribution in [0, 0.1) is 0 Å². The highest BCUT2D eigenvalue weighted by Gasteiger charge is 2.49. The maximum atomic E-state index is 5.38. The second-order valence-corrected chi connectivity index (χ2v) is 10.2. The van der Waals surface area contributed by atoms with E-state index in [1.807, 2.05) is 30.3 Å². The van der Waals surface area contributed by atoms with E-state index < -0.39 is 5.41 Å². The lowest BCUT2D eigenvalue weighted by Gasteiger charge is -2.36. The second-order valence-electron chi connectivity index (χ2n) is 10.2. The van der Waals surface area contributed by atoms with Crippen LogP contribution < -0.4 is 0 Å². The summed E-state index contributed by atoms with van der Waals surface area (Å²) in [5.74, 6) is 0.602. The summed E-state index contributed by atoms with van der Waals surface area (Å²) in [4.78, 5) is 9.83. The number of nitrogens with zero attached hydrogens (tertiary/aromatic N) is 2. The first-order chi connectivity index (χ1) is 20.3. The lowest BCUT2D eigenvalue weighted by Crippen LogP contribution is -2.29. The molecular formula is C39H28N2. The number of amidine groups is 1. The summed E-state index contributed by atoms with van der Waals surface area (Å²) in [7, 11) is 0. The van der Waals surface area contributed by atoms with Crippen molar-refractivity contribution in [2.45, 2.75) is 5.41 Å². The molecule has 6 aromatic carbocycles. The van der Waals surface area contributed by atoms with Crippen LogP contribution in [0.25, 0.3) is 22.0 Å². The molecule has 1 aliphatic rings. The Balaban J connectivity index is 1.70. The van der Waals surface area contributed by atoms with Gasteiger partial charge in [-0.3, -0.25) is 0 Å². The maximum absolute atomic E-state index is 5.38. The molecular weight excluding hydrogens is 496 g/mol. The molecule has 0 aliphatic heterocycles. The molecule has 1 aliphatic carbocycles. The molecule has 0 saturated heterocycles. The lowest BCUT2D eigenvalue weighted by atomic mass is 9.65. The van der Waals surface area contributed by atoms with Gasteiger partial charge in [-0.1, -0.05) is 158 Å². The number of hydrogen-bond donors (Lipinski definition) is 0. The summed E-state index contributed by atoms with van der Waals surface area (Å²) in [6, 6.07) is 55.6. The summed E-state index contributed by atoms with van der Waals surface area (Å²) in [5.41, 5.74) is 8.23. The van der Waals surface area contributed by atoms with Crippen molar-refractivity contribution in [2.75, 3.05) is 0 Å². The molecule has 2 nitrogen and oxygen atoms in total. The van der Waals surface area contributed by atoms with Crippen molar-refractivity contribution in [3.8, 4) is 0 Å². The molecule has 0 bridgehead atoms. The fourth-order valence-corrected chi connectivity index (χ4v) is 6.38. The molecule has 0 N–H and O–H groups in total. The highest BCUT2D eigenvalue weighted by Crippen LogP contribution is 2.59. The van der Waals surface area contributed by atoms with Crippen LogP contribution in [0.15, 0.2) is 168 Å². The predicted octanol–water partition coefficient (Wildman–Crippen LogP) is 9.20. The summed E-state index contributed by atoms with van der Waals surface area (Å²) in [6.07, 6.45) is 0. The van der Waals surface area contributed by atoms with Crippen LogP contribution in [0.3, 0.4) is 0 Å². The number of benzene rings is 6. The van der Waals surface area contributed by atoms with Crippen LogP contribution in [0.1, 0.15) is 33.4 Å². The van der Waals surface area contributed by atoms with Crippen molar-refractivity contribution >= 4 is 34.6 Å². The molecule has 2 heteroatoms. The van der Waals surface area contributed by atoms with E-state index in [1.165, 1.54) is 27.5 Å². The summed E-state index contributed by atoms with van der Waals surface area (Å²) in [5, 5.41) is 2.38. The number of aliphatic imine (C=N–C) groups is 2. The number of rotatable bonds is 5. The van der Waals surface area contributed by atoms with Crippen LogP contribution >= 0.6 is 0 Å². The van der Waals surface area contributed by atoms with E-state index >= 15 is 0 Å². The molecule has 0 fully saturated rings. The molecule has 6 aromatic rings. The number of hydrogen-bond acceptors (Lipinski definition) is 1. The summed E-state index contributed by atoms with van der Waals surface area (Å²) < 4.78 is 0. The van der Waals surface area contributed by atoms with Crippen molar-refractivity contribution in [1.82, 2.24) is 0 Å². The number of allylic oxidation sites excluding steroid dienone is 1. The van der Waals surface area contributed by atoms with Crippen molar-refractivity contribution in [3.05, 3.63) is 191 Å². The van der Waals surface area contributed by atoms with Gasteiger partial charge < -0.3 is 0 Å². The average molecular weight is 525 g/mol. The molecule has 194 valence electrons. The number of fused-ring (bicyclic) bond motifs is 2. The van der Waals surface area contributed by atoms with Gasteiger partial charge in [0.25, 0.3) is 0 Å². The van der Waals surface area contributed by atoms with E-state index in [0.717, 1.165) is 28.0 Å².